The van der Waals surface area contributed by atoms with Crippen molar-refractivity contribution in [1.29, 1.82) is 0 Å². The van der Waals surface area contributed by atoms with Crippen molar-refractivity contribution in [3.8, 4) is 11.5 Å². The molecule has 0 unspecified atom stereocenters. The summed E-state index contributed by atoms with van der Waals surface area (Å²) in [6.07, 6.45) is 2.65. The minimum Gasteiger partial charge on any atom is -0.493 e. The van der Waals surface area contributed by atoms with E-state index in [1.165, 1.54) is 0 Å². The third-order valence-electron chi connectivity index (χ3n) is 3.87. The van der Waals surface area contributed by atoms with E-state index in [4.69, 9.17) is 9.47 Å². The van der Waals surface area contributed by atoms with Crippen LogP contribution in [0, 0.1) is 5.92 Å². The van der Waals surface area contributed by atoms with Gasteiger partial charge in [-0.05, 0) is 50.0 Å². The highest BCUT2D eigenvalue weighted by atomic mass is 16.5. The Morgan fingerprint density at radius 3 is 2.62 bits per heavy atom. The molecule has 0 saturated carbocycles. The number of piperidine rings is 1. The molecule has 0 aromatic heterocycles. The molecule has 1 heterocycles. The SMILES string of the molecule is COc1ccc(CCNC(=O)C2CCNCC2)cc1OC. The van der Waals surface area contributed by atoms with Crippen molar-refractivity contribution >= 4 is 5.91 Å². The number of nitrogens with one attached hydrogen (secondary N) is 2. The Morgan fingerprint density at radius 2 is 1.95 bits per heavy atom. The molecule has 1 aliphatic heterocycles. The van der Waals surface area contributed by atoms with Gasteiger partial charge >= 0.3 is 0 Å². The third-order valence-corrected chi connectivity index (χ3v) is 3.87. The first kappa shape index (κ1) is 15.6. The highest BCUT2D eigenvalue weighted by Crippen LogP contribution is 2.27. The molecular weight excluding hydrogens is 268 g/mol. The van der Waals surface area contributed by atoms with Gasteiger partial charge in [-0.2, -0.15) is 0 Å². The summed E-state index contributed by atoms with van der Waals surface area (Å²) in [5, 5.41) is 6.30. The number of carbonyl (C=O) groups is 1. The van der Waals surface area contributed by atoms with Crippen LogP contribution in [0.4, 0.5) is 0 Å². The summed E-state index contributed by atoms with van der Waals surface area (Å²) in [6, 6.07) is 5.84. The van der Waals surface area contributed by atoms with Crippen LogP contribution in [0.1, 0.15) is 18.4 Å². The molecule has 0 atom stereocenters. The number of rotatable bonds is 6. The zero-order valence-corrected chi connectivity index (χ0v) is 12.8. The standard InChI is InChI=1S/C16H24N2O3/c1-20-14-4-3-12(11-15(14)21-2)5-10-18-16(19)13-6-8-17-9-7-13/h3-4,11,13,17H,5-10H2,1-2H3,(H,18,19). The average molecular weight is 292 g/mol. The molecule has 116 valence electrons. The minimum absolute atomic E-state index is 0.164. The van der Waals surface area contributed by atoms with Crippen LogP contribution in [0.5, 0.6) is 11.5 Å². The maximum atomic E-state index is 12.0. The van der Waals surface area contributed by atoms with Crippen LogP contribution in [0.3, 0.4) is 0 Å². The fourth-order valence-corrected chi connectivity index (χ4v) is 2.59. The largest absolute Gasteiger partial charge is 0.493 e. The average Bonchev–Trinajstić information content (AvgIpc) is 2.55. The second-order valence-electron chi connectivity index (χ2n) is 5.25. The van der Waals surface area contributed by atoms with E-state index in [0.717, 1.165) is 49.4 Å². The quantitative estimate of drug-likeness (QED) is 0.831. The predicted molar refractivity (Wildman–Crippen MR) is 81.9 cm³/mol. The van der Waals surface area contributed by atoms with E-state index in [1.54, 1.807) is 14.2 Å². The highest BCUT2D eigenvalue weighted by molar-refractivity contribution is 5.78. The lowest BCUT2D eigenvalue weighted by molar-refractivity contribution is -0.125. The van der Waals surface area contributed by atoms with Crippen molar-refractivity contribution in [2.45, 2.75) is 19.3 Å². The van der Waals surface area contributed by atoms with Gasteiger partial charge < -0.3 is 20.1 Å². The van der Waals surface area contributed by atoms with Gasteiger partial charge in [-0.1, -0.05) is 6.07 Å². The minimum atomic E-state index is 0.164. The lowest BCUT2D eigenvalue weighted by Gasteiger charge is -2.21. The van der Waals surface area contributed by atoms with E-state index in [-0.39, 0.29) is 11.8 Å². The van der Waals surface area contributed by atoms with Gasteiger partial charge in [-0.3, -0.25) is 4.79 Å². The highest BCUT2D eigenvalue weighted by Gasteiger charge is 2.20. The van der Waals surface area contributed by atoms with Crippen molar-refractivity contribution in [3.05, 3.63) is 23.8 Å². The smallest absolute Gasteiger partial charge is 0.223 e. The Kier molecular flexibility index (Phi) is 5.87. The van der Waals surface area contributed by atoms with Crippen LogP contribution < -0.4 is 20.1 Å². The van der Waals surface area contributed by atoms with Crippen molar-refractivity contribution in [1.82, 2.24) is 10.6 Å². The van der Waals surface area contributed by atoms with E-state index in [2.05, 4.69) is 10.6 Å². The third kappa shape index (κ3) is 4.36. The monoisotopic (exact) mass is 292 g/mol. The molecule has 2 rings (SSSR count). The fourth-order valence-electron chi connectivity index (χ4n) is 2.59. The van der Waals surface area contributed by atoms with E-state index < -0.39 is 0 Å². The van der Waals surface area contributed by atoms with Gasteiger partial charge in [0.05, 0.1) is 14.2 Å². The van der Waals surface area contributed by atoms with Gasteiger partial charge in [0.1, 0.15) is 0 Å². The summed E-state index contributed by atoms with van der Waals surface area (Å²) in [7, 11) is 3.25. The van der Waals surface area contributed by atoms with E-state index >= 15 is 0 Å². The molecule has 0 radical (unpaired) electrons. The summed E-state index contributed by atoms with van der Waals surface area (Å²) in [5.74, 6) is 1.79. The molecule has 2 N–H and O–H groups in total. The van der Waals surface area contributed by atoms with Crippen LogP contribution in [-0.4, -0.2) is 39.8 Å². The molecule has 1 aromatic carbocycles. The molecule has 1 fully saturated rings. The van der Waals surface area contributed by atoms with Crippen LogP contribution in [-0.2, 0) is 11.2 Å². The Labute approximate surface area is 126 Å². The summed E-state index contributed by atoms with van der Waals surface area (Å²) in [4.78, 5) is 12.0. The molecule has 1 aromatic rings. The molecule has 1 saturated heterocycles. The van der Waals surface area contributed by atoms with Crippen LogP contribution in [0.2, 0.25) is 0 Å². The summed E-state index contributed by atoms with van der Waals surface area (Å²) >= 11 is 0. The molecule has 1 aliphatic rings. The van der Waals surface area contributed by atoms with Gasteiger partial charge in [0.25, 0.3) is 0 Å². The summed E-state index contributed by atoms with van der Waals surface area (Å²) < 4.78 is 10.5. The first-order chi connectivity index (χ1) is 10.2. The zero-order chi connectivity index (χ0) is 15.1. The van der Waals surface area contributed by atoms with Crippen LogP contribution in [0.25, 0.3) is 0 Å². The van der Waals surface area contributed by atoms with Gasteiger partial charge in [0.2, 0.25) is 5.91 Å². The first-order valence-corrected chi connectivity index (χ1v) is 7.44. The maximum Gasteiger partial charge on any atom is 0.223 e. The number of ether oxygens (including phenoxy) is 2. The molecule has 1 amide bonds. The number of benzene rings is 1. The van der Waals surface area contributed by atoms with Crippen molar-refractivity contribution < 1.29 is 14.3 Å². The van der Waals surface area contributed by atoms with E-state index in [0.29, 0.717) is 6.54 Å². The second kappa shape index (κ2) is 7.88. The van der Waals surface area contributed by atoms with E-state index in [1.807, 2.05) is 18.2 Å². The lowest BCUT2D eigenvalue weighted by atomic mass is 9.97. The zero-order valence-electron chi connectivity index (χ0n) is 12.8. The summed E-state index contributed by atoms with van der Waals surface area (Å²) in [5.41, 5.74) is 1.12. The Balaban J connectivity index is 1.81. The van der Waals surface area contributed by atoms with Crippen molar-refractivity contribution in [2.24, 2.45) is 5.92 Å². The molecule has 5 heteroatoms. The number of amides is 1. The van der Waals surface area contributed by atoms with Gasteiger partial charge in [-0.25, -0.2) is 0 Å². The maximum absolute atomic E-state index is 12.0. The molecule has 5 nitrogen and oxygen atoms in total. The van der Waals surface area contributed by atoms with Crippen LogP contribution in [0.15, 0.2) is 18.2 Å². The number of hydrogen-bond donors (Lipinski definition) is 2. The number of methoxy groups -OCH3 is 2. The molecule has 21 heavy (non-hydrogen) atoms. The van der Waals surface area contributed by atoms with Gasteiger partial charge in [-0.15, -0.1) is 0 Å². The van der Waals surface area contributed by atoms with Gasteiger partial charge in [0, 0.05) is 12.5 Å². The fraction of sp³-hybridized carbons (Fsp3) is 0.562. The number of carbonyl (C=O) groups excluding carboxylic acids is 1. The van der Waals surface area contributed by atoms with Crippen molar-refractivity contribution in [3.63, 3.8) is 0 Å². The topological polar surface area (TPSA) is 59.6 Å². The molecule has 0 bridgehead atoms. The predicted octanol–water partition coefficient (Wildman–Crippen LogP) is 1.36. The Bertz CT molecular complexity index is 471. The Hall–Kier alpha value is -1.75. The Morgan fingerprint density at radius 1 is 1.24 bits per heavy atom. The lowest BCUT2D eigenvalue weighted by Crippen LogP contribution is -2.38. The first-order valence-electron chi connectivity index (χ1n) is 7.44. The van der Waals surface area contributed by atoms with Gasteiger partial charge in [0.15, 0.2) is 11.5 Å². The second-order valence-corrected chi connectivity index (χ2v) is 5.25. The van der Waals surface area contributed by atoms with Crippen molar-refractivity contribution in [2.75, 3.05) is 33.9 Å². The molecular formula is C16H24N2O3. The van der Waals surface area contributed by atoms with E-state index in [9.17, 15) is 4.79 Å². The molecule has 0 aliphatic carbocycles. The molecule has 0 spiro atoms. The normalized spacial score (nSPS) is 15.5. The summed E-state index contributed by atoms with van der Waals surface area (Å²) in [6.45, 7) is 2.53. The van der Waals surface area contributed by atoms with Crippen LogP contribution >= 0.6 is 0 Å². The number of hydrogen-bond acceptors (Lipinski definition) is 4.